The molecule has 6 nitrogen and oxygen atoms in total. The van der Waals surface area contributed by atoms with Gasteiger partial charge in [0.25, 0.3) is 0 Å². The second-order valence-electron chi connectivity index (χ2n) is 6.64. The highest BCUT2D eigenvalue weighted by atomic mass is 16.5. The third-order valence-electron chi connectivity index (χ3n) is 4.99. The molecule has 0 unspecified atom stereocenters. The maximum Gasteiger partial charge on any atom is 0.195 e. The minimum Gasteiger partial charge on any atom is -0.496 e. The molecule has 0 aliphatic heterocycles. The number of aromatic amines is 1. The molecule has 28 heavy (non-hydrogen) atoms. The molecule has 0 radical (unpaired) electrons. The van der Waals surface area contributed by atoms with Crippen molar-refractivity contribution in [3.8, 4) is 17.0 Å². The lowest BCUT2D eigenvalue weighted by Crippen LogP contribution is -1.97. The van der Waals surface area contributed by atoms with E-state index >= 15 is 0 Å². The second-order valence-corrected chi connectivity index (χ2v) is 6.64. The first-order valence-corrected chi connectivity index (χ1v) is 8.87. The van der Waals surface area contributed by atoms with Crippen molar-refractivity contribution in [2.24, 2.45) is 0 Å². The number of fused-ring (bicyclic) bond motifs is 4. The number of H-pyrrole nitrogens is 1. The van der Waals surface area contributed by atoms with E-state index in [9.17, 15) is 4.79 Å². The number of nitrogens with one attached hydrogen (secondary N) is 1. The fourth-order valence-electron chi connectivity index (χ4n) is 3.72. The second kappa shape index (κ2) is 6.13. The van der Waals surface area contributed by atoms with Crippen LogP contribution in [-0.2, 0) is 0 Å². The maximum absolute atomic E-state index is 11.5. The Hall–Kier alpha value is -3.80. The number of hydrogen-bond acceptors (Lipinski definition) is 5. The molecule has 5 rings (SSSR count). The molecule has 3 aromatic heterocycles. The lowest BCUT2D eigenvalue weighted by atomic mass is 10.0. The van der Waals surface area contributed by atoms with E-state index < -0.39 is 0 Å². The molecule has 136 valence electrons. The van der Waals surface area contributed by atoms with Crippen LogP contribution in [-0.4, -0.2) is 33.3 Å². The Morgan fingerprint density at radius 2 is 1.93 bits per heavy atom. The van der Waals surface area contributed by atoms with Gasteiger partial charge in [-0.3, -0.25) is 9.78 Å². The predicted molar refractivity (Wildman–Crippen MR) is 109 cm³/mol. The van der Waals surface area contributed by atoms with Crippen molar-refractivity contribution in [3.05, 3.63) is 60.0 Å². The molecule has 1 N–H and O–H groups in total. The largest absolute Gasteiger partial charge is 0.496 e. The van der Waals surface area contributed by atoms with Gasteiger partial charge in [0.05, 0.1) is 23.7 Å². The van der Waals surface area contributed by atoms with Gasteiger partial charge in [0.1, 0.15) is 11.4 Å². The molecule has 0 saturated carbocycles. The molecular formula is C22H16N4O2. The maximum atomic E-state index is 11.5. The van der Waals surface area contributed by atoms with Crippen LogP contribution >= 0.6 is 0 Å². The molecule has 6 heteroatoms. The number of aromatic nitrogens is 4. The zero-order valence-electron chi connectivity index (χ0n) is 15.4. The monoisotopic (exact) mass is 368 g/mol. The number of rotatable bonds is 3. The summed E-state index contributed by atoms with van der Waals surface area (Å²) in [5.74, 6) is 0.928. The average molecular weight is 368 g/mol. The van der Waals surface area contributed by atoms with E-state index in [1.165, 1.54) is 0 Å². The number of carbonyl (C=O) groups is 1. The van der Waals surface area contributed by atoms with E-state index in [2.05, 4.69) is 19.9 Å². The third-order valence-corrected chi connectivity index (χ3v) is 4.99. The Morgan fingerprint density at radius 3 is 2.75 bits per heavy atom. The molecule has 0 fully saturated rings. The minimum atomic E-state index is 0.138. The van der Waals surface area contributed by atoms with Crippen LogP contribution in [0.4, 0.5) is 0 Å². The summed E-state index contributed by atoms with van der Waals surface area (Å²) < 4.78 is 5.51. The standard InChI is InChI=1S/C22H16N4O2/c1-12-9-17-15(10-18(12)28-2)20-21(25-19(11-27)26-22(20)24-17)14-7-8-23-16-6-4-3-5-13(14)16/h3-11H,1-2H3,(H,24,25,26). The number of ether oxygens (including phenoxy) is 1. The van der Waals surface area contributed by atoms with Crippen LogP contribution in [0.1, 0.15) is 16.2 Å². The zero-order chi connectivity index (χ0) is 19.3. The van der Waals surface area contributed by atoms with Gasteiger partial charge < -0.3 is 9.72 Å². The molecule has 0 atom stereocenters. The first-order valence-electron chi connectivity index (χ1n) is 8.87. The molecule has 0 aliphatic carbocycles. The minimum absolute atomic E-state index is 0.138. The molecule has 0 amide bonds. The summed E-state index contributed by atoms with van der Waals surface area (Å²) in [6.07, 6.45) is 2.43. The topological polar surface area (TPSA) is 80.8 Å². The van der Waals surface area contributed by atoms with E-state index in [4.69, 9.17) is 4.74 Å². The van der Waals surface area contributed by atoms with Crippen molar-refractivity contribution in [1.82, 2.24) is 19.9 Å². The summed E-state index contributed by atoms with van der Waals surface area (Å²) in [6.45, 7) is 1.99. The fraction of sp³-hybridized carbons (Fsp3) is 0.0909. The van der Waals surface area contributed by atoms with Gasteiger partial charge in [0.15, 0.2) is 12.1 Å². The number of methoxy groups -OCH3 is 1. The van der Waals surface area contributed by atoms with E-state index in [1.807, 2.05) is 49.4 Å². The summed E-state index contributed by atoms with van der Waals surface area (Å²) in [6, 6.07) is 13.8. The van der Waals surface area contributed by atoms with Crippen LogP contribution < -0.4 is 4.74 Å². The summed E-state index contributed by atoms with van der Waals surface area (Å²) in [7, 11) is 1.65. The fourth-order valence-corrected chi connectivity index (χ4v) is 3.72. The van der Waals surface area contributed by atoms with Gasteiger partial charge in [0.2, 0.25) is 0 Å². The van der Waals surface area contributed by atoms with Gasteiger partial charge in [-0.15, -0.1) is 0 Å². The molecular weight excluding hydrogens is 352 g/mol. The van der Waals surface area contributed by atoms with Crippen molar-refractivity contribution in [3.63, 3.8) is 0 Å². The number of nitrogens with zero attached hydrogens (tertiary/aromatic N) is 3. The number of aldehydes is 1. The van der Waals surface area contributed by atoms with Crippen LogP contribution in [0, 0.1) is 6.92 Å². The number of pyridine rings is 1. The molecule has 3 heterocycles. The highest BCUT2D eigenvalue weighted by Gasteiger charge is 2.18. The van der Waals surface area contributed by atoms with Crippen molar-refractivity contribution in [1.29, 1.82) is 0 Å². The van der Waals surface area contributed by atoms with Gasteiger partial charge in [0, 0.05) is 28.0 Å². The van der Waals surface area contributed by atoms with Gasteiger partial charge in [-0.1, -0.05) is 18.2 Å². The lowest BCUT2D eigenvalue weighted by Gasteiger charge is -2.08. The molecule has 0 bridgehead atoms. The van der Waals surface area contributed by atoms with Crippen LogP contribution in [0.2, 0.25) is 0 Å². The quantitative estimate of drug-likeness (QED) is 0.476. The smallest absolute Gasteiger partial charge is 0.195 e. The molecule has 0 spiro atoms. The zero-order valence-corrected chi connectivity index (χ0v) is 15.4. The number of para-hydroxylation sites is 1. The Balaban J connectivity index is 1.96. The van der Waals surface area contributed by atoms with E-state index in [0.717, 1.165) is 44.1 Å². The lowest BCUT2D eigenvalue weighted by molar-refractivity contribution is 0.111. The SMILES string of the molecule is COc1cc2c(cc1C)[nH]c1nc(C=O)nc(-c3ccnc4ccccc34)c12. The average Bonchev–Trinajstić information content (AvgIpc) is 3.08. The van der Waals surface area contributed by atoms with Gasteiger partial charge in [-0.25, -0.2) is 9.97 Å². The van der Waals surface area contributed by atoms with Crippen molar-refractivity contribution < 1.29 is 9.53 Å². The number of benzene rings is 2. The van der Waals surface area contributed by atoms with Crippen molar-refractivity contribution in [2.45, 2.75) is 6.92 Å². The van der Waals surface area contributed by atoms with Crippen LogP contribution in [0.5, 0.6) is 5.75 Å². The van der Waals surface area contributed by atoms with E-state index in [0.29, 0.717) is 17.6 Å². The molecule has 0 saturated heterocycles. The normalized spacial score (nSPS) is 11.4. The number of carbonyl (C=O) groups excluding carboxylic acids is 1. The Kier molecular flexibility index (Phi) is 3.58. The highest BCUT2D eigenvalue weighted by molar-refractivity contribution is 6.15. The first kappa shape index (κ1) is 16.4. The van der Waals surface area contributed by atoms with E-state index in [1.54, 1.807) is 13.3 Å². The summed E-state index contributed by atoms with van der Waals surface area (Å²) in [4.78, 5) is 28.2. The van der Waals surface area contributed by atoms with Crippen LogP contribution in [0.3, 0.4) is 0 Å². The van der Waals surface area contributed by atoms with Crippen molar-refractivity contribution in [2.75, 3.05) is 7.11 Å². The molecule has 0 aliphatic rings. The van der Waals surface area contributed by atoms with Crippen LogP contribution in [0.15, 0.2) is 48.7 Å². The summed E-state index contributed by atoms with van der Waals surface area (Å²) >= 11 is 0. The van der Waals surface area contributed by atoms with Crippen molar-refractivity contribution >= 4 is 39.1 Å². The van der Waals surface area contributed by atoms with Gasteiger partial charge in [-0.2, -0.15) is 0 Å². The van der Waals surface area contributed by atoms with Gasteiger partial charge in [-0.05, 0) is 36.8 Å². The predicted octanol–water partition coefficient (Wildman–Crippen LogP) is 4.46. The third kappa shape index (κ3) is 2.35. The van der Waals surface area contributed by atoms with Gasteiger partial charge >= 0.3 is 0 Å². The summed E-state index contributed by atoms with van der Waals surface area (Å²) in [5.41, 5.74) is 5.03. The Bertz CT molecular complexity index is 1380. The number of hydrogen-bond donors (Lipinski definition) is 1. The summed E-state index contributed by atoms with van der Waals surface area (Å²) in [5, 5.41) is 2.77. The first-order chi connectivity index (χ1) is 13.7. The van der Waals surface area contributed by atoms with E-state index in [-0.39, 0.29) is 5.82 Å². The van der Waals surface area contributed by atoms with Crippen LogP contribution in [0.25, 0.3) is 44.1 Å². The number of aryl methyl sites for hydroxylation is 1. The molecule has 5 aromatic rings. The molecule has 2 aromatic carbocycles. The Labute approximate surface area is 160 Å². The highest BCUT2D eigenvalue weighted by Crippen LogP contribution is 2.37. The Morgan fingerprint density at radius 1 is 1.07 bits per heavy atom.